The van der Waals surface area contributed by atoms with Crippen molar-refractivity contribution in [3.63, 3.8) is 0 Å². The number of hydrogen-bond acceptors (Lipinski definition) is 3. The minimum Gasteiger partial charge on any atom is -0.342 e. The third kappa shape index (κ3) is 3.79. The molecule has 1 heterocycles. The number of nitrogens with zero attached hydrogens (tertiary/aromatic N) is 2. The van der Waals surface area contributed by atoms with Crippen LogP contribution < -0.4 is 5.73 Å². The van der Waals surface area contributed by atoms with Gasteiger partial charge in [0.1, 0.15) is 0 Å². The average molecular weight is 285 g/mol. The number of rotatable bonds is 5. The Labute approximate surface area is 126 Å². The van der Waals surface area contributed by atoms with Crippen LogP contribution in [0.2, 0.25) is 0 Å². The summed E-state index contributed by atoms with van der Waals surface area (Å²) in [5.74, 6) is 0.456. The molecule has 0 aliphatic heterocycles. The third-order valence-electron chi connectivity index (χ3n) is 3.85. The van der Waals surface area contributed by atoms with Gasteiger partial charge in [-0.15, -0.1) is 0 Å². The van der Waals surface area contributed by atoms with Gasteiger partial charge in [-0.2, -0.15) is 0 Å². The molecule has 2 aromatic rings. The summed E-state index contributed by atoms with van der Waals surface area (Å²) in [5, 5.41) is 0.982. The molecule has 1 aromatic carbocycles. The number of amides is 1. The van der Waals surface area contributed by atoms with Gasteiger partial charge in [0.05, 0.1) is 5.52 Å². The molecule has 112 valence electrons. The van der Waals surface area contributed by atoms with Gasteiger partial charge in [0.25, 0.3) is 5.91 Å². The zero-order chi connectivity index (χ0) is 15.4. The summed E-state index contributed by atoms with van der Waals surface area (Å²) in [6.07, 6.45) is 2.57. The molecule has 1 atom stereocenters. The maximum absolute atomic E-state index is 12.4. The molecule has 0 bridgehead atoms. The quantitative estimate of drug-likeness (QED) is 0.919. The summed E-state index contributed by atoms with van der Waals surface area (Å²) in [5.41, 5.74) is 7.62. The first-order valence-corrected chi connectivity index (χ1v) is 7.35. The lowest BCUT2D eigenvalue weighted by molar-refractivity contribution is 0.0789. The molecular weight excluding hydrogens is 262 g/mol. The lowest BCUT2D eigenvalue weighted by Gasteiger charge is -2.21. The molecule has 0 saturated carbocycles. The molecule has 4 heteroatoms. The number of benzene rings is 1. The highest BCUT2D eigenvalue weighted by Gasteiger charge is 2.14. The van der Waals surface area contributed by atoms with E-state index in [2.05, 4.69) is 18.8 Å². The predicted octanol–water partition coefficient (Wildman–Crippen LogP) is 2.68. The minimum absolute atomic E-state index is 0.0247. The second kappa shape index (κ2) is 6.68. The van der Waals surface area contributed by atoms with Gasteiger partial charge in [-0.25, -0.2) is 0 Å². The fourth-order valence-electron chi connectivity index (χ4n) is 2.21. The van der Waals surface area contributed by atoms with Crippen molar-refractivity contribution in [2.24, 2.45) is 11.7 Å². The Kier molecular flexibility index (Phi) is 4.91. The van der Waals surface area contributed by atoms with E-state index in [4.69, 9.17) is 5.73 Å². The van der Waals surface area contributed by atoms with Crippen molar-refractivity contribution in [2.45, 2.75) is 26.3 Å². The first-order chi connectivity index (χ1) is 9.99. The largest absolute Gasteiger partial charge is 0.342 e. The molecule has 0 saturated heterocycles. The van der Waals surface area contributed by atoms with E-state index in [-0.39, 0.29) is 11.9 Å². The van der Waals surface area contributed by atoms with Gasteiger partial charge >= 0.3 is 0 Å². The van der Waals surface area contributed by atoms with Crippen LogP contribution in [0.25, 0.3) is 10.9 Å². The lowest BCUT2D eigenvalue weighted by atomic mass is 10.0. The van der Waals surface area contributed by atoms with E-state index >= 15 is 0 Å². The molecule has 0 aliphatic carbocycles. The second-order valence-electron chi connectivity index (χ2n) is 5.83. The molecule has 0 spiro atoms. The molecule has 2 N–H and O–H groups in total. The smallest absolute Gasteiger partial charge is 0.253 e. The molecule has 0 aliphatic rings. The van der Waals surface area contributed by atoms with E-state index in [9.17, 15) is 4.79 Å². The second-order valence-corrected chi connectivity index (χ2v) is 5.83. The van der Waals surface area contributed by atoms with Crippen LogP contribution in [-0.4, -0.2) is 35.4 Å². The van der Waals surface area contributed by atoms with Crippen LogP contribution in [0.3, 0.4) is 0 Å². The fourth-order valence-corrected chi connectivity index (χ4v) is 2.21. The Morgan fingerprint density at radius 1 is 1.33 bits per heavy atom. The van der Waals surface area contributed by atoms with Crippen molar-refractivity contribution in [3.8, 4) is 0 Å². The zero-order valence-corrected chi connectivity index (χ0v) is 12.9. The van der Waals surface area contributed by atoms with Crippen molar-refractivity contribution in [3.05, 3.63) is 42.1 Å². The number of aromatic nitrogens is 1. The van der Waals surface area contributed by atoms with Gasteiger partial charge in [-0.1, -0.05) is 19.9 Å². The standard InChI is InChI=1S/C17H23N3O/c1-12(2)15(18)8-10-20(3)17(21)14-6-7-16-13(11-14)5-4-9-19-16/h4-7,9,11-12,15H,8,10,18H2,1-3H3. The van der Waals surface area contributed by atoms with Gasteiger partial charge in [0, 0.05) is 36.8 Å². The Hall–Kier alpha value is -1.94. The number of pyridine rings is 1. The number of fused-ring (bicyclic) bond motifs is 1. The molecule has 0 fully saturated rings. The van der Waals surface area contributed by atoms with Crippen molar-refractivity contribution in [2.75, 3.05) is 13.6 Å². The summed E-state index contributed by atoms with van der Waals surface area (Å²) in [4.78, 5) is 18.4. The van der Waals surface area contributed by atoms with Crippen LogP contribution in [0.4, 0.5) is 0 Å². The fraction of sp³-hybridized carbons (Fsp3) is 0.412. The number of carbonyl (C=O) groups is 1. The summed E-state index contributed by atoms with van der Waals surface area (Å²) in [6, 6.07) is 9.58. The molecule has 2 rings (SSSR count). The molecule has 0 radical (unpaired) electrons. The lowest BCUT2D eigenvalue weighted by Crippen LogP contribution is -2.34. The van der Waals surface area contributed by atoms with Gasteiger partial charge in [-0.05, 0) is 36.6 Å². The first kappa shape index (κ1) is 15.4. The molecule has 1 aromatic heterocycles. The number of hydrogen-bond donors (Lipinski definition) is 1. The monoisotopic (exact) mass is 285 g/mol. The Morgan fingerprint density at radius 2 is 2.10 bits per heavy atom. The molecule has 1 amide bonds. The third-order valence-corrected chi connectivity index (χ3v) is 3.85. The van der Waals surface area contributed by atoms with E-state index in [1.807, 2.05) is 37.4 Å². The summed E-state index contributed by atoms with van der Waals surface area (Å²) in [7, 11) is 1.82. The van der Waals surface area contributed by atoms with Crippen molar-refractivity contribution < 1.29 is 4.79 Å². The van der Waals surface area contributed by atoms with Crippen molar-refractivity contribution in [1.82, 2.24) is 9.88 Å². The predicted molar refractivity (Wildman–Crippen MR) is 86.1 cm³/mol. The van der Waals surface area contributed by atoms with E-state index in [1.54, 1.807) is 11.1 Å². The van der Waals surface area contributed by atoms with Crippen molar-refractivity contribution >= 4 is 16.8 Å². The van der Waals surface area contributed by atoms with E-state index in [0.29, 0.717) is 18.0 Å². The molecule has 21 heavy (non-hydrogen) atoms. The Bertz CT molecular complexity index is 624. The zero-order valence-electron chi connectivity index (χ0n) is 12.9. The van der Waals surface area contributed by atoms with Crippen LogP contribution in [0.15, 0.2) is 36.5 Å². The minimum atomic E-state index is 0.0247. The van der Waals surface area contributed by atoms with E-state index in [0.717, 1.165) is 17.3 Å². The molecular formula is C17H23N3O. The Morgan fingerprint density at radius 3 is 2.81 bits per heavy atom. The Balaban J connectivity index is 2.07. The van der Waals surface area contributed by atoms with Crippen LogP contribution in [-0.2, 0) is 0 Å². The SMILES string of the molecule is CC(C)C(N)CCN(C)C(=O)c1ccc2ncccc2c1. The molecule has 4 nitrogen and oxygen atoms in total. The normalized spacial score (nSPS) is 12.6. The van der Waals surface area contributed by atoms with Crippen LogP contribution in [0.1, 0.15) is 30.6 Å². The van der Waals surface area contributed by atoms with Crippen LogP contribution >= 0.6 is 0 Å². The first-order valence-electron chi connectivity index (χ1n) is 7.35. The van der Waals surface area contributed by atoms with E-state index in [1.165, 1.54) is 0 Å². The van der Waals surface area contributed by atoms with Gasteiger partial charge < -0.3 is 10.6 Å². The van der Waals surface area contributed by atoms with Gasteiger partial charge in [0.15, 0.2) is 0 Å². The summed E-state index contributed by atoms with van der Waals surface area (Å²) in [6.45, 7) is 4.87. The maximum Gasteiger partial charge on any atom is 0.253 e. The maximum atomic E-state index is 12.4. The number of carbonyl (C=O) groups excluding carboxylic acids is 1. The topological polar surface area (TPSA) is 59.2 Å². The average Bonchev–Trinajstić information content (AvgIpc) is 2.50. The van der Waals surface area contributed by atoms with Crippen LogP contribution in [0, 0.1) is 5.92 Å². The highest BCUT2D eigenvalue weighted by Crippen LogP contribution is 2.15. The van der Waals surface area contributed by atoms with Gasteiger partial charge in [0.2, 0.25) is 0 Å². The highest BCUT2D eigenvalue weighted by molar-refractivity contribution is 5.97. The number of nitrogens with two attached hydrogens (primary N) is 1. The van der Waals surface area contributed by atoms with Crippen molar-refractivity contribution in [1.29, 1.82) is 0 Å². The molecule has 1 unspecified atom stereocenters. The van der Waals surface area contributed by atoms with E-state index < -0.39 is 0 Å². The highest BCUT2D eigenvalue weighted by atomic mass is 16.2. The van der Waals surface area contributed by atoms with Crippen LogP contribution in [0.5, 0.6) is 0 Å². The van der Waals surface area contributed by atoms with Gasteiger partial charge in [-0.3, -0.25) is 9.78 Å². The summed E-state index contributed by atoms with van der Waals surface area (Å²) >= 11 is 0. The summed E-state index contributed by atoms with van der Waals surface area (Å²) < 4.78 is 0.